The van der Waals surface area contributed by atoms with E-state index in [1.165, 1.54) is 58.5 Å². The molecule has 192 valence electrons. The van der Waals surface area contributed by atoms with Gasteiger partial charge >= 0.3 is 5.97 Å². The molecule has 0 aliphatic rings. The number of amides is 1. The van der Waals surface area contributed by atoms with Gasteiger partial charge in [-0.05, 0) is 37.6 Å². The summed E-state index contributed by atoms with van der Waals surface area (Å²) in [4.78, 5) is 26.3. The van der Waals surface area contributed by atoms with Crippen molar-refractivity contribution in [3.8, 4) is 0 Å². The van der Waals surface area contributed by atoms with Crippen molar-refractivity contribution in [1.82, 2.24) is 5.32 Å². The van der Waals surface area contributed by atoms with Crippen LogP contribution in [0.15, 0.2) is 5.11 Å². The number of esters is 1. The second-order valence-electron chi connectivity index (χ2n) is 9.18. The van der Waals surface area contributed by atoms with Gasteiger partial charge in [0, 0.05) is 30.3 Å². The molecule has 0 aromatic rings. The van der Waals surface area contributed by atoms with Crippen molar-refractivity contribution >= 4 is 11.9 Å². The van der Waals surface area contributed by atoms with Gasteiger partial charge in [-0.1, -0.05) is 95.5 Å². The topological polar surface area (TPSA) is 104 Å². The third-order valence-electron chi connectivity index (χ3n) is 6.16. The molecule has 1 unspecified atom stereocenters. The van der Waals surface area contributed by atoms with Crippen LogP contribution in [-0.4, -0.2) is 31.6 Å². The van der Waals surface area contributed by atoms with E-state index in [1.807, 2.05) is 0 Å². The van der Waals surface area contributed by atoms with Gasteiger partial charge in [0.15, 0.2) is 0 Å². The number of rotatable bonds is 24. The van der Waals surface area contributed by atoms with E-state index in [9.17, 15) is 9.59 Å². The van der Waals surface area contributed by atoms with Gasteiger partial charge in [0.1, 0.15) is 0 Å². The summed E-state index contributed by atoms with van der Waals surface area (Å²) >= 11 is 0. The summed E-state index contributed by atoms with van der Waals surface area (Å²) < 4.78 is 4.67. The molecule has 0 aliphatic carbocycles. The minimum Gasteiger partial charge on any atom is -0.469 e. The van der Waals surface area contributed by atoms with Crippen molar-refractivity contribution in [2.75, 3.05) is 13.7 Å². The summed E-state index contributed by atoms with van der Waals surface area (Å²) in [6, 6.07) is 0.299. The van der Waals surface area contributed by atoms with Crippen LogP contribution in [0.1, 0.15) is 135 Å². The van der Waals surface area contributed by atoms with Crippen LogP contribution in [0, 0.1) is 0 Å². The van der Waals surface area contributed by atoms with Crippen molar-refractivity contribution < 1.29 is 14.3 Å². The van der Waals surface area contributed by atoms with Gasteiger partial charge in [-0.3, -0.25) is 9.59 Å². The normalized spacial score (nSPS) is 11.6. The summed E-state index contributed by atoms with van der Waals surface area (Å²) in [5, 5.41) is 6.85. The fourth-order valence-electron chi connectivity index (χ4n) is 4.10. The molecule has 0 spiro atoms. The highest BCUT2D eigenvalue weighted by Gasteiger charge is 2.12. The molecule has 0 aromatic carbocycles. The first kappa shape index (κ1) is 31.2. The molecule has 33 heavy (non-hydrogen) atoms. The van der Waals surface area contributed by atoms with Crippen LogP contribution in [0.5, 0.6) is 0 Å². The van der Waals surface area contributed by atoms with Gasteiger partial charge in [-0.2, -0.15) is 0 Å². The molecule has 7 heteroatoms. The predicted octanol–water partition coefficient (Wildman–Crippen LogP) is 7.78. The molecule has 0 saturated heterocycles. The van der Waals surface area contributed by atoms with Crippen molar-refractivity contribution in [3.63, 3.8) is 0 Å². The lowest BCUT2D eigenvalue weighted by atomic mass is 9.99. The molecule has 0 saturated carbocycles. The maximum Gasteiger partial charge on any atom is 0.305 e. The Kier molecular flexibility index (Phi) is 23.6. The first-order valence-electron chi connectivity index (χ1n) is 13.5. The largest absolute Gasteiger partial charge is 0.469 e. The second-order valence-corrected chi connectivity index (χ2v) is 9.18. The van der Waals surface area contributed by atoms with E-state index in [1.54, 1.807) is 0 Å². The molecular weight excluding hydrogens is 416 g/mol. The van der Waals surface area contributed by atoms with E-state index in [0.29, 0.717) is 25.4 Å². The van der Waals surface area contributed by atoms with Crippen molar-refractivity contribution in [3.05, 3.63) is 10.4 Å². The van der Waals surface area contributed by atoms with Gasteiger partial charge in [0.05, 0.1) is 7.11 Å². The van der Waals surface area contributed by atoms with Crippen LogP contribution in [0.25, 0.3) is 10.4 Å². The molecule has 0 heterocycles. The summed E-state index contributed by atoms with van der Waals surface area (Å²) in [5.41, 5.74) is 8.28. The van der Waals surface area contributed by atoms with E-state index >= 15 is 0 Å². The van der Waals surface area contributed by atoms with Crippen LogP contribution < -0.4 is 5.32 Å². The molecule has 0 aliphatic heterocycles. The van der Waals surface area contributed by atoms with Crippen molar-refractivity contribution in [2.45, 2.75) is 141 Å². The third kappa shape index (κ3) is 23.2. The number of carbonyl (C=O) groups excluding carboxylic acids is 2. The van der Waals surface area contributed by atoms with Gasteiger partial charge in [0.2, 0.25) is 5.91 Å². The number of nitrogens with one attached hydrogen (secondary N) is 1. The molecule has 7 nitrogen and oxygen atoms in total. The third-order valence-corrected chi connectivity index (χ3v) is 6.16. The fraction of sp³-hybridized carbons (Fsp3) is 0.923. The van der Waals surface area contributed by atoms with Crippen molar-refractivity contribution in [1.29, 1.82) is 0 Å². The van der Waals surface area contributed by atoms with E-state index < -0.39 is 0 Å². The highest BCUT2D eigenvalue weighted by atomic mass is 16.5. The summed E-state index contributed by atoms with van der Waals surface area (Å²) in [6.45, 7) is 2.79. The number of hydrogen-bond donors (Lipinski definition) is 1. The quantitative estimate of drug-likeness (QED) is 0.0516. The molecule has 0 bridgehead atoms. The fourth-order valence-corrected chi connectivity index (χ4v) is 4.10. The Morgan fingerprint density at radius 1 is 0.788 bits per heavy atom. The first-order valence-corrected chi connectivity index (χ1v) is 13.5. The average Bonchev–Trinajstić information content (AvgIpc) is 2.81. The van der Waals surface area contributed by atoms with E-state index in [0.717, 1.165) is 64.2 Å². The van der Waals surface area contributed by atoms with E-state index in [-0.39, 0.29) is 11.9 Å². The highest BCUT2D eigenvalue weighted by Crippen LogP contribution is 2.15. The number of carbonyl (C=O) groups is 2. The molecule has 0 aromatic heterocycles. The molecule has 1 N–H and O–H groups in total. The number of hydrogen-bond acceptors (Lipinski definition) is 4. The Hall–Kier alpha value is -1.75. The zero-order chi connectivity index (χ0) is 24.4. The highest BCUT2D eigenvalue weighted by molar-refractivity contribution is 5.76. The summed E-state index contributed by atoms with van der Waals surface area (Å²) in [7, 11) is 1.44. The Bertz CT molecular complexity index is 522. The van der Waals surface area contributed by atoms with Gasteiger partial charge in [-0.15, -0.1) is 0 Å². The monoisotopic (exact) mass is 466 g/mol. The molecule has 0 fully saturated rings. The average molecular weight is 467 g/mol. The Labute approximate surface area is 202 Å². The molecular formula is C26H50N4O3. The van der Waals surface area contributed by atoms with Crippen molar-refractivity contribution in [2.24, 2.45) is 5.11 Å². The molecule has 0 radical (unpaired) electrons. The van der Waals surface area contributed by atoms with Crippen LogP contribution in [0.2, 0.25) is 0 Å². The lowest BCUT2D eigenvalue weighted by Gasteiger charge is -2.19. The Balaban J connectivity index is 4.06. The van der Waals surface area contributed by atoms with Gasteiger partial charge in [-0.25, -0.2) is 0 Å². The number of azide groups is 1. The zero-order valence-corrected chi connectivity index (χ0v) is 21.5. The number of methoxy groups -OCH3 is 1. The standard InChI is InChI=1S/C26H50N4O3/c1-3-4-5-6-9-14-19-24(20-15-10-7-8-11-17-22-26(32)33-2)29-25(31)21-16-12-13-18-23-28-30-27/h24H,3-23H2,1-2H3,(H,29,31). The van der Waals surface area contributed by atoms with Crippen LogP contribution in [0.3, 0.4) is 0 Å². The molecule has 1 amide bonds. The zero-order valence-electron chi connectivity index (χ0n) is 21.5. The van der Waals surface area contributed by atoms with E-state index in [4.69, 9.17) is 5.53 Å². The predicted molar refractivity (Wildman–Crippen MR) is 136 cm³/mol. The minimum atomic E-state index is -0.114. The lowest BCUT2D eigenvalue weighted by Crippen LogP contribution is -2.34. The number of unbranched alkanes of at least 4 members (excludes halogenated alkanes) is 13. The Morgan fingerprint density at radius 2 is 1.30 bits per heavy atom. The Morgan fingerprint density at radius 3 is 1.88 bits per heavy atom. The number of nitrogens with zero attached hydrogens (tertiary/aromatic N) is 3. The minimum absolute atomic E-state index is 0.114. The maximum absolute atomic E-state index is 12.4. The maximum atomic E-state index is 12.4. The second kappa shape index (κ2) is 24.9. The van der Waals surface area contributed by atoms with Crippen LogP contribution in [0.4, 0.5) is 0 Å². The van der Waals surface area contributed by atoms with Gasteiger partial charge in [0.25, 0.3) is 0 Å². The molecule has 1 atom stereocenters. The molecule has 0 rings (SSSR count). The van der Waals surface area contributed by atoms with Crippen LogP contribution in [-0.2, 0) is 14.3 Å². The summed E-state index contributed by atoms with van der Waals surface area (Å²) in [6.07, 6.45) is 21.4. The lowest BCUT2D eigenvalue weighted by molar-refractivity contribution is -0.140. The SMILES string of the molecule is CCCCCCCCC(CCCCCCCCC(=O)OC)NC(=O)CCCCCCN=[N+]=[N-]. The van der Waals surface area contributed by atoms with Crippen LogP contribution >= 0.6 is 0 Å². The van der Waals surface area contributed by atoms with Gasteiger partial charge < -0.3 is 10.1 Å². The summed E-state index contributed by atoms with van der Waals surface area (Å²) in [5.74, 6) is 0.0697. The smallest absolute Gasteiger partial charge is 0.305 e. The first-order chi connectivity index (χ1) is 16.1. The number of ether oxygens (including phenoxy) is 1. The van der Waals surface area contributed by atoms with E-state index in [2.05, 4.69) is 27.0 Å².